The van der Waals surface area contributed by atoms with E-state index in [0.29, 0.717) is 18.1 Å². The van der Waals surface area contributed by atoms with Crippen LogP contribution < -0.4 is 19.8 Å². The number of nitrogens with zero attached hydrogens (tertiary/aromatic N) is 2. The van der Waals surface area contributed by atoms with Crippen molar-refractivity contribution in [3.63, 3.8) is 0 Å². The zero-order valence-electron chi connectivity index (χ0n) is 17.2. The third-order valence-corrected chi connectivity index (χ3v) is 5.69. The second-order valence-electron chi connectivity index (χ2n) is 6.61. The van der Waals surface area contributed by atoms with Crippen LogP contribution in [0.3, 0.4) is 0 Å². The fraction of sp³-hybridized carbons (Fsp3) is 0.273. The molecular formula is C22H25N3O5S. The number of rotatable bonds is 11. The van der Waals surface area contributed by atoms with Crippen molar-refractivity contribution in [1.82, 2.24) is 14.5 Å². The van der Waals surface area contributed by atoms with Crippen LogP contribution in [0.4, 0.5) is 0 Å². The van der Waals surface area contributed by atoms with Crippen LogP contribution >= 0.6 is 0 Å². The Morgan fingerprint density at radius 3 is 2.35 bits per heavy atom. The van der Waals surface area contributed by atoms with Crippen molar-refractivity contribution in [2.24, 2.45) is 0 Å². The van der Waals surface area contributed by atoms with Crippen molar-refractivity contribution < 1.29 is 17.9 Å². The molecule has 1 heterocycles. The van der Waals surface area contributed by atoms with E-state index < -0.39 is 10.0 Å². The third-order valence-electron chi connectivity index (χ3n) is 4.34. The van der Waals surface area contributed by atoms with Crippen LogP contribution in [0.15, 0.2) is 71.5 Å². The average molecular weight is 444 g/mol. The van der Waals surface area contributed by atoms with Gasteiger partial charge in [-0.15, -0.1) is 0 Å². The molecule has 8 nitrogen and oxygen atoms in total. The molecule has 0 aliphatic heterocycles. The van der Waals surface area contributed by atoms with Gasteiger partial charge in [-0.2, -0.15) is 5.10 Å². The Labute approximate surface area is 181 Å². The van der Waals surface area contributed by atoms with Crippen molar-refractivity contribution in [2.45, 2.75) is 13.5 Å². The molecule has 0 aliphatic carbocycles. The van der Waals surface area contributed by atoms with Crippen LogP contribution in [-0.2, 0) is 16.6 Å². The molecular weight excluding hydrogens is 418 g/mol. The molecule has 0 radical (unpaired) electrons. The van der Waals surface area contributed by atoms with Gasteiger partial charge in [0.25, 0.3) is 5.56 Å². The molecule has 1 aromatic heterocycles. The molecule has 0 atom stereocenters. The summed E-state index contributed by atoms with van der Waals surface area (Å²) in [5.74, 6) is 1.18. The molecule has 2 aromatic carbocycles. The Kier molecular flexibility index (Phi) is 7.80. The molecule has 0 spiro atoms. The zero-order chi connectivity index (χ0) is 22.1. The summed E-state index contributed by atoms with van der Waals surface area (Å²) in [7, 11) is -3.54. The highest BCUT2D eigenvalue weighted by Gasteiger charge is 2.11. The highest BCUT2D eigenvalue weighted by molar-refractivity contribution is 7.89. The molecule has 1 N–H and O–H groups in total. The van der Waals surface area contributed by atoms with Crippen molar-refractivity contribution in [1.29, 1.82) is 0 Å². The summed E-state index contributed by atoms with van der Waals surface area (Å²) in [6, 6.07) is 19.4. The largest absolute Gasteiger partial charge is 0.494 e. The van der Waals surface area contributed by atoms with E-state index in [1.165, 1.54) is 10.7 Å². The summed E-state index contributed by atoms with van der Waals surface area (Å²) >= 11 is 0. The van der Waals surface area contributed by atoms with E-state index in [1.54, 1.807) is 18.2 Å². The maximum absolute atomic E-state index is 12.2. The number of hydrogen-bond donors (Lipinski definition) is 1. The van der Waals surface area contributed by atoms with Crippen molar-refractivity contribution in [2.75, 3.05) is 25.5 Å². The molecule has 0 unspecified atom stereocenters. The maximum atomic E-state index is 12.2. The van der Waals surface area contributed by atoms with Gasteiger partial charge in [0.15, 0.2) is 0 Å². The second-order valence-corrected chi connectivity index (χ2v) is 8.54. The van der Waals surface area contributed by atoms with E-state index in [2.05, 4.69) is 9.82 Å². The maximum Gasteiger partial charge on any atom is 0.266 e. The first-order valence-corrected chi connectivity index (χ1v) is 11.6. The van der Waals surface area contributed by atoms with Crippen molar-refractivity contribution >= 4 is 10.0 Å². The fourth-order valence-corrected chi connectivity index (χ4v) is 3.67. The normalized spacial score (nSPS) is 11.3. The molecule has 0 saturated heterocycles. The van der Waals surface area contributed by atoms with Gasteiger partial charge in [-0.05, 0) is 49.4 Å². The molecule has 3 rings (SSSR count). The molecule has 164 valence electrons. The van der Waals surface area contributed by atoms with Gasteiger partial charge in [0.2, 0.25) is 10.0 Å². The Balaban J connectivity index is 1.54. The lowest BCUT2D eigenvalue weighted by atomic mass is 10.1. The first-order valence-electron chi connectivity index (χ1n) is 9.93. The lowest BCUT2D eigenvalue weighted by Gasteiger charge is -2.10. The van der Waals surface area contributed by atoms with Crippen LogP contribution in [-0.4, -0.2) is 43.7 Å². The minimum absolute atomic E-state index is 0.0325. The van der Waals surface area contributed by atoms with Gasteiger partial charge in [0.1, 0.15) is 18.1 Å². The van der Waals surface area contributed by atoms with Crippen molar-refractivity contribution in [3.05, 3.63) is 77.1 Å². The Bertz CT molecular complexity index is 1130. The molecule has 0 amide bonds. The van der Waals surface area contributed by atoms with Crippen molar-refractivity contribution in [3.8, 4) is 22.8 Å². The number of benzene rings is 2. The quantitative estimate of drug-likeness (QED) is 0.488. The predicted octanol–water partition coefficient (Wildman–Crippen LogP) is 2.31. The van der Waals surface area contributed by atoms with Gasteiger partial charge in [0.05, 0.1) is 24.6 Å². The topological polar surface area (TPSA) is 99.5 Å². The van der Waals surface area contributed by atoms with Crippen LogP contribution in [0.2, 0.25) is 0 Å². The van der Waals surface area contributed by atoms with Gasteiger partial charge in [-0.1, -0.05) is 18.2 Å². The first-order chi connectivity index (χ1) is 15.0. The van der Waals surface area contributed by atoms with Gasteiger partial charge in [-0.25, -0.2) is 17.8 Å². The highest BCUT2D eigenvalue weighted by Crippen LogP contribution is 2.19. The predicted molar refractivity (Wildman–Crippen MR) is 119 cm³/mol. The minimum atomic E-state index is -3.54. The first kappa shape index (κ1) is 22.5. The average Bonchev–Trinajstić information content (AvgIpc) is 2.76. The van der Waals surface area contributed by atoms with E-state index >= 15 is 0 Å². The van der Waals surface area contributed by atoms with Gasteiger partial charge in [-0.3, -0.25) is 4.79 Å². The van der Waals surface area contributed by atoms with E-state index in [1.807, 2.05) is 49.4 Å². The van der Waals surface area contributed by atoms with E-state index in [-0.39, 0.29) is 31.0 Å². The summed E-state index contributed by atoms with van der Waals surface area (Å²) in [5, 5.41) is 4.34. The number of hydrogen-bond acceptors (Lipinski definition) is 6. The molecule has 0 fully saturated rings. The fourth-order valence-electron chi connectivity index (χ4n) is 2.82. The van der Waals surface area contributed by atoms with E-state index in [4.69, 9.17) is 9.47 Å². The van der Waals surface area contributed by atoms with Crippen LogP contribution in [0.5, 0.6) is 11.5 Å². The second kappa shape index (κ2) is 10.7. The molecule has 3 aromatic rings. The van der Waals surface area contributed by atoms with E-state index in [9.17, 15) is 13.2 Å². The highest BCUT2D eigenvalue weighted by atomic mass is 32.2. The Hall–Kier alpha value is -3.17. The molecule has 0 saturated carbocycles. The van der Waals surface area contributed by atoms with Gasteiger partial charge >= 0.3 is 0 Å². The number of para-hydroxylation sites is 1. The molecule has 9 heteroatoms. The summed E-state index contributed by atoms with van der Waals surface area (Å²) in [6.07, 6.45) is 0. The third kappa shape index (κ3) is 6.94. The van der Waals surface area contributed by atoms with E-state index in [0.717, 1.165) is 11.3 Å². The summed E-state index contributed by atoms with van der Waals surface area (Å²) < 4.78 is 38.9. The lowest BCUT2D eigenvalue weighted by molar-refractivity contribution is 0.340. The number of nitrogens with one attached hydrogen (secondary N) is 1. The summed E-state index contributed by atoms with van der Waals surface area (Å²) in [4.78, 5) is 12.1. The monoisotopic (exact) mass is 443 g/mol. The molecule has 0 aliphatic rings. The molecule has 31 heavy (non-hydrogen) atoms. The van der Waals surface area contributed by atoms with Crippen LogP contribution in [0, 0.1) is 0 Å². The standard InChI is InChI=1S/C22H25N3O5S/c1-2-29-20-10-8-18(9-11-20)21-12-13-22(26)25(24-21)15-14-23-31(27,28)17-16-30-19-6-4-3-5-7-19/h3-13,23H,2,14-17H2,1H3. The van der Waals surface area contributed by atoms with Crippen LogP contribution in [0.25, 0.3) is 11.3 Å². The minimum Gasteiger partial charge on any atom is -0.494 e. The zero-order valence-corrected chi connectivity index (χ0v) is 18.0. The van der Waals surface area contributed by atoms with Gasteiger partial charge < -0.3 is 9.47 Å². The smallest absolute Gasteiger partial charge is 0.266 e. The summed E-state index contributed by atoms with van der Waals surface area (Å²) in [5.41, 5.74) is 1.14. The number of aromatic nitrogens is 2. The Morgan fingerprint density at radius 1 is 0.935 bits per heavy atom. The SMILES string of the molecule is CCOc1ccc(-c2ccc(=O)n(CCNS(=O)(=O)CCOc3ccccc3)n2)cc1. The summed E-state index contributed by atoms with van der Waals surface area (Å²) in [6.45, 7) is 2.69. The van der Waals surface area contributed by atoms with Crippen LogP contribution in [0.1, 0.15) is 6.92 Å². The number of ether oxygens (including phenoxy) is 2. The lowest BCUT2D eigenvalue weighted by Crippen LogP contribution is -2.34. The van der Waals surface area contributed by atoms with Gasteiger partial charge in [0, 0.05) is 18.2 Å². The number of sulfonamides is 1. The Morgan fingerprint density at radius 2 is 1.65 bits per heavy atom. The molecule has 0 bridgehead atoms.